The van der Waals surface area contributed by atoms with Crippen LogP contribution in [0.3, 0.4) is 0 Å². The summed E-state index contributed by atoms with van der Waals surface area (Å²) in [6.45, 7) is 4.48. The van der Waals surface area contributed by atoms with E-state index in [1.54, 1.807) is 6.07 Å². The first-order valence-electron chi connectivity index (χ1n) is 8.14. The van der Waals surface area contributed by atoms with Gasteiger partial charge in [0, 0.05) is 17.4 Å². The number of carbonyl (C=O) groups excluding carboxylic acids is 1. The third-order valence-corrected chi connectivity index (χ3v) is 5.94. The molecular formula is C18H22O3. The van der Waals surface area contributed by atoms with Crippen LogP contribution in [0.5, 0.6) is 11.5 Å². The SMILES string of the molecule is CCC[C@]12c3c4ccc(O)c3O[C@H]1C(=O)CCC2[C@H](C)C4. The van der Waals surface area contributed by atoms with E-state index in [1.165, 1.54) is 5.56 Å². The van der Waals surface area contributed by atoms with Gasteiger partial charge < -0.3 is 9.84 Å². The summed E-state index contributed by atoms with van der Waals surface area (Å²) in [5, 5.41) is 10.2. The molecule has 0 aromatic heterocycles. The molecule has 1 aromatic carbocycles. The predicted molar refractivity (Wildman–Crippen MR) is 79.7 cm³/mol. The predicted octanol–water partition coefficient (Wildman–Crippen LogP) is 3.36. The van der Waals surface area contributed by atoms with E-state index in [9.17, 15) is 9.90 Å². The summed E-state index contributed by atoms with van der Waals surface area (Å²) in [7, 11) is 0. The van der Waals surface area contributed by atoms with Gasteiger partial charge in [0.1, 0.15) is 0 Å². The van der Waals surface area contributed by atoms with Crippen LogP contribution in [0.15, 0.2) is 12.1 Å². The molecule has 1 unspecified atom stereocenters. The van der Waals surface area contributed by atoms with Crippen molar-refractivity contribution in [2.75, 3.05) is 0 Å². The van der Waals surface area contributed by atoms with Crippen LogP contribution in [0.4, 0.5) is 0 Å². The fraction of sp³-hybridized carbons (Fsp3) is 0.611. The molecule has 21 heavy (non-hydrogen) atoms. The Kier molecular flexibility index (Phi) is 2.66. The van der Waals surface area contributed by atoms with Gasteiger partial charge in [0.2, 0.25) is 0 Å². The van der Waals surface area contributed by atoms with Crippen LogP contribution in [-0.2, 0) is 16.6 Å². The normalized spacial score (nSPS) is 36.3. The highest BCUT2D eigenvalue weighted by atomic mass is 16.5. The van der Waals surface area contributed by atoms with Crippen molar-refractivity contribution >= 4 is 5.78 Å². The number of hydrogen-bond acceptors (Lipinski definition) is 3. The molecule has 1 N–H and O–H groups in total. The summed E-state index contributed by atoms with van der Waals surface area (Å²) in [4.78, 5) is 12.5. The van der Waals surface area contributed by atoms with E-state index in [2.05, 4.69) is 13.8 Å². The van der Waals surface area contributed by atoms with Crippen LogP contribution < -0.4 is 4.74 Å². The van der Waals surface area contributed by atoms with E-state index >= 15 is 0 Å². The maximum atomic E-state index is 12.5. The van der Waals surface area contributed by atoms with Crippen molar-refractivity contribution in [3.63, 3.8) is 0 Å². The largest absolute Gasteiger partial charge is 0.504 e. The molecular weight excluding hydrogens is 264 g/mol. The first-order chi connectivity index (χ1) is 10.1. The second kappa shape index (κ2) is 4.25. The molecule has 3 nitrogen and oxygen atoms in total. The quantitative estimate of drug-likeness (QED) is 0.906. The molecule has 2 aliphatic carbocycles. The Bertz CT molecular complexity index is 621. The average molecular weight is 286 g/mol. The molecule has 1 fully saturated rings. The molecule has 0 bridgehead atoms. The van der Waals surface area contributed by atoms with E-state index < -0.39 is 0 Å². The Morgan fingerprint density at radius 3 is 3.00 bits per heavy atom. The molecule has 112 valence electrons. The van der Waals surface area contributed by atoms with E-state index in [0.717, 1.165) is 31.2 Å². The molecule has 1 aliphatic heterocycles. The number of aromatic hydroxyl groups is 1. The number of ether oxygens (including phenoxy) is 1. The number of benzene rings is 1. The molecule has 1 heterocycles. The molecule has 4 atom stereocenters. The molecule has 0 spiro atoms. The van der Waals surface area contributed by atoms with Gasteiger partial charge in [0.25, 0.3) is 0 Å². The highest BCUT2D eigenvalue weighted by molar-refractivity contribution is 5.89. The topological polar surface area (TPSA) is 46.5 Å². The number of Topliss-reactive ketones (excluding diaryl/α,β-unsaturated/α-hetero) is 1. The maximum Gasteiger partial charge on any atom is 0.174 e. The van der Waals surface area contributed by atoms with Crippen molar-refractivity contribution in [2.45, 2.75) is 57.5 Å². The van der Waals surface area contributed by atoms with Gasteiger partial charge in [-0.3, -0.25) is 4.79 Å². The number of phenols is 1. The Morgan fingerprint density at radius 2 is 2.24 bits per heavy atom. The molecule has 1 aromatic rings. The van der Waals surface area contributed by atoms with E-state index in [0.29, 0.717) is 24.0 Å². The monoisotopic (exact) mass is 286 g/mol. The summed E-state index contributed by atoms with van der Waals surface area (Å²) < 4.78 is 6.05. The van der Waals surface area contributed by atoms with Gasteiger partial charge in [-0.25, -0.2) is 0 Å². The number of ketones is 1. The van der Waals surface area contributed by atoms with Crippen LogP contribution in [0.25, 0.3) is 0 Å². The Labute approximate surface area is 125 Å². The van der Waals surface area contributed by atoms with Crippen LogP contribution in [0, 0.1) is 11.8 Å². The van der Waals surface area contributed by atoms with Crippen LogP contribution in [0.1, 0.15) is 50.7 Å². The summed E-state index contributed by atoms with van der Waals surface area (Å²) in [6.07, 6.45) is 4.25. The summed E-state index contributed by atoms with van der Waals surface area (Å²) in [6, 6.07) is 3.76. The van der Waals surface area contributed by atoms with Gasteiger partial charge in [-0.15, -0.1) is 0 Å². The third-order valence-electron chi connectivity index (χ3n) is 5.94. The lowest BCUT2D eigenvalue weighted by Crippen LogP contribution is -2.56. The summed E-state index contributed by atoms with van der Waals surface area (Å²) in [5.74, 6) is 2.07. The molecule has 3 aliphatic rings. The van der Waals surface area contributed by atoms with Crippen LogP contribution in [-0.4, -0.2) is 17.0 Å². The zero-order valence-electron chi connectivity index (χ0n) is 12.7. The number of phenolic OH excluding ortho intramolecular Hbond substituents is 1. The zero-order valence-corrected chi connectivity index (χ0v) is 12.7. The van der Waals surface area contributed by atoms with Crippen molar-refractivity contribution in [3.05, 3.63) is 23.3 Å². The average Bonchev–Trinajstić information content (AvgIpc) is 2.80. The second-order valence-electron chi connectivity index (χ2n) is 7.03. The van der Waals surface area contributed by atoms with Gasteiger partial charge >= 0.3 is 0 Å². The van der Waals surface area contributed by atoms with E-state index in [4.69, 9.17) is 4.74 Å². The van der Waals surface area contributed by atoms with Crippen LogP contribution in [0.2, 0.25) is 0 Å². The van der Waals surface area contributed by atoms with E-state index in [1.807, 2.05) is 6.07 Å². The first-order valence-corrected chi connectivity index (χ1v) is 8.14. The molecule has 0 amide bonds. The fourth-order valence-corrected chi connectivity index (χ4v) is 5.32. The van der Waals surface area contributed by atoms with Crippen molar-refractivity contribution < 1.29 is 14.6 Å². The molecule has 1 saturated carbocycles. The molecule has 4 rings (SSSR count). The fourth-order valence-electron chi connectivity index (χ4n) is 5.32. The number of carbonyl (C=O) groups is 1. The molecule has 0 saturated heterocycles. The Morgan fingerprint density at radius 1 is 1.43 bits per heavy atom. The molecule has 3 heteroatoms. The lowest BCUT2D eigenvalue weighted by molar-refractivity contribution is -0.134. The van der Waals surface area contributed by atoms with Crippen molar-refractivity contribution in [1.82, 2.24) is 0 Å². The summed E-state index contributed by atoms with van der Waals surface area (Å²) in [5.41, 5.74) is 2.24. The van der Waals surface area contributed by atoms with Crippen molar-refractivity contribution in [2.24, 2.45) is 11.8 Å². The Hall–Kier alpha value is -1.51. The van der Waals surface area contributed by atoms with Gasteiger partial charge in [-0.2, -0.15) is 0 Å². The highest BCUT2D eigenvalue weighted by Gasteiger charge is 2.62. The van der Waals surface area contributed by atoms with E-state index in [-0.39, 0.29) is 23.1 Å². The minimum atomic E-state index is -0.374. The molecule has 0 radical (unpaired) electrons. The smallest absolute Gasteiger partial charge is 0.174 e. The van der Waals surface area contributed by atoms with Gasteiger partial charge in [-0.1, -0.05) is 26.3 Å². The maximum absolute atomic E-state index is 12.5. The van der Waals surface area contributed by atoms with Gasteiger partial charge in [0.15, 0.2) is 23.4 Å². The number of hydrogen-bond donors (Lipinski definition) is 1. The number of rotatable bonds is 2. The second-order valence-corrected chi connectivity index (χ2v) is 7.03. The zero-order chi connectivity index (χ0) is 14.8. The highest BCUT2D eigenvalue weighted by Crippen LogP contribution is 2.62. The van der Waals surface area contributed by atoms with Gasteiger partial charge in [0.05, 0.1) is 0 Å². The lowest BCUT2D eigenvalue weighted by atomic mass is 9.52. The summed E-state index contributed by atoms with van der Waals surface area (Å²) >= 11 is 0. The minimum Gasteiger partial charge on any atom is -0.504 e. The van der Waals surface area contributed by atoms with Crippen molar-refractivity contribution in [3.8, 4) is 11.5 Å². The first kappa shape index (κ1) is 13.2. The Balaban J connectivity index is 2.02. The minimum absolute atomic E-state index is 0.189. The van der Waals surface area contributed by atoms with Gasteiger partial charge in [-0.05, 0) is 42.7 Å². The van der Waals surface area contributed by atoms with Crippen molar-refractivity contribution in [1.29, 1.82) is 0 Å². The lowest BCUT2D eigenvalue weighted by Gasteiger charge is -2.50. The third kappa shape index (κ3) is 1.47. The van der Waals surface area contributed by atoms with Crippen LogP contribution >= 0.6 is 0 Å². The standard InChI is InChI=1S/C18H22O3/c1-3-8-18-12-5-7-14(20)17(18)21-16-13(19)6-4-11(15(16)18)9-10(12)2/h4,6,10,12,17,19H,3,5,7-9H2,1-2H3/t10-,12?,17+,18+/m1/s1.